The van der Waals surface area contributed by atoms with Crippen LogP contribution in [0.4, 0.5) is 0 Å². The first-order valence-electron chi connectivity index (χ1n) is 7.72. The number of carbonyl (C=O) groups excluding carboxylic acids is 1. The quantitative estimate of drug-likeness (QED) is 0.751. The van der Waals surface area contributed by atoms with E-state index in [1.807, 2.05) is 6.07 Å². The Kier molecular flexibility index (Phi) is 4.72. The van der Waals surface area contributed by atoms with Crippen LogP contribution >= 0.6 is 11.6 Å². The molecule has 2 N–H and O–H groups in total. The van der Waals surface area contributed by atoms with Crippen LogP contribution in [0, 0.1) is 0 Å². The largest absolute Gasteiger partial charge is 0.348 e. The van der Waals surface area contributed by atoms with Gasteiger partial charge in [-0.05, 0) is 36.8 Å². The third kappa shape index (κ3) is 3.64. The van der Waals surface area contributed by atoms with E-state index < -0.39 is 17.2 Å². The molecule has 0 radical (unpaired) electrons. The Morgan fingerprint density at radius 2 is 1.96 bits per heavy atom. The molecule has 0 spiro atoms. The number of nitrogens with one attached hydrogen (secondary N) is 2. The highest BCUT2D eigenvalue weighted by Crippen LogP contribution is 2.17. The van der Waals surface area contributed by atoms with Crippen molar-refractivity contribution in [3.8, 4) is 0 Å². The molecule has 1 atom stereocenters. The van der Waals surface area contributed by atoms with Gasteiger partial charge in [0.1, 0.15) is 6.54 Å². The minimum atomic E-state index is -0.616. The fourth-order valence-electron chi connectivity index (χ4n) is 2.63. The van der Waals surface area contributed by atoms with Crippen LogP contribution in [0.5, 0.6) is 0 Å². The van der Waals surface area contributed by atoms with Gasteiger partial charge in [0.15, 0.2) is 0 Å². The fraction of sp³-hybridized carbons (Fsp3) is 0.167. The number of benzene rings is 2. The van der Waals surface area contributed by atoms with Gasteiger partial charge in [-0.3, -0.25) is 14.2 Å². The van der Waals surface area contributed by atoms with Gasteiger partial charge in [-0.1, -0.05) is 35.9 Å². The third-order valence-corrected chi connectivity index (χ3v) is 4.15. The lowest BCUT2D eigenvalue weighted by Crippen LogP contribution is -2.41. The number of amides is 1. The van der Waals surface area contributed by atoms with Gasteiger partial charge in [-0.15, -0.1) is 0 Å². The Bertz CT molecular complexity index is 1060. The summed E-state index contributed by atoms with van der Waals surface area (Å²) in [5, 5.41) is 3.69. The van der Waals surface area contributed by atoms with E-state index in [0.717, 1.165) is 10.1 Å². The van der Waals surface area contributed by atoms with E-state index in [4.69, 9.17) is 11.6 Å². The number of fused-ring (bicyclic) bond motifs is 1. The van der Waals surface area contributed by atoms with Gasteiger partial charge >= 0.3 is 5.69 Å². The first-order chi connectivity index (χ1) is 12.0. The van der Waals surface area contributed by atoms with Crippen molar-refractivity contribution in [2.45, 2.75) is 19.5 Å². The molecule has 0 fully saturated rings. The van der Waals surface area contributed by atoms with Gasteiger partial charge in [-0.25, -0.2) is 4.79 Å². The molecule has 128 valence electrons. The lowest BCUT2D eigenvalue weighted by Gasteiger charge is -2.15. The minimum Gasteiger partial charge on any atom is -0.348 e. The standard InChI is InChI=1S/C18H16ClN3O3/c1-11(12-5-4-6-13(19)9-12)20-16(23)10-22-17(24)14-7-2-3-8-15(14)21-18(22)25/h2-9,11H,10H2,1H3,(H,20,23)(H,21,25)/t11-/m0/s1. The number of carbonyl (C=O) groups is 1. The fourth-order valence-corrected chi connectivity index (χ4v) is 2.83. The molecule has 0 bridgehead atoms. The summed E-state index contributed by atoms with van der Waals surface area (Å²) in [5.74, 6) is -0.435. The van der Waals surface area contributed by atoms with E-state index in [0.29, 0.717) is 15.9 Å². The summed E-state index contributed by atoms with van der Waals surface area (Å²) in [6.45, 7) is 1.45. The maximum absolute atomic E-state index is 12.4. The molecule has 0 saturated heterocycles. The molecule has 1 amide bonds. The summed E-state index contributed by atoms with van der Waals surface area (Å²) in [6, 6.07) is 13.5. The minimum absolute atomic E-state index is 0.304. The number of aromatic amines is 1. The molecule has 3 aromatic rings. The van der Waals surface area contributed by atoms with Crippen molar-refractivity contribution in [3.05, 3.63) is 80.0 Å². The van der Waals surface area contributed by atoms with Crippen LogP contribution in [0.25, 0.3) is 10.9 Å². The molecule has 2 aromatic carbocycles. The van der Waals surface area contributed by atoms with Crippen LogP contribution in [0.3, 0.4) is 0 Å². The third-order valence-electron chi connectivity index (χ3n) is 3.92. The predicted octanol–water partition coefficient (Wildman–Crippen LogP) is 2.22. The monoisotopic (exact) mass is 357 g/mol. The summed E-state index contributed by atoms with van der Waals surface area (Å²) in [7, 11) is 0. The first-order valence-corrected chi connectivity index (χ1v) is 8.10. The highest BCUT2D eigenvalue weighted by Gasteiger charge is 2.14. The Hall–Kier alpha value is -2.86. The second-order valence-corrected chi connectivity index (χ2v) is 6.15. The highest BCUT2D eigenvalue weighted by molar-refractivity contribution is 6.30. The van der Waals surface area contributed by atoms with Crippen molar-refractivity contribution >= 4 is 28.4 Å². The van der Waals surface area contributed by atoms with Crippen molar-refractivity contribution in [1.82, 2.24) is 14.9 Å². The maximum atomic E-state index is 12.4. The SMILES string of the molecule is C[C@H](NC(=O)Cn1c(=O)[nH]c2ccccc2c1=O)c1cccc(Cl)c1. The van der Waals surface area contributed by atoms with Gasteiger partial charge in [0.25, 0.3) is 5.56 Å². The van der Waals surface area contributed by atoms with Crippen LogP contribution in [0.2, 0.25) is 5.02 Å². The first kappa shape index (κ1) is 17.0. The summed E-state index contributed by atoms with van der Waals surface area (Å²) in [4.78, 5) is 39.4. The Morgan fingerprint density at radius 1 is 1.20 bits per heavy atom. The summed E-state index contributed by atoms with van der Waals surface area (Å²) >= 11 is 5.95. The second kappa shape index (κ2) is 6.94. The second-order valence-electron chi connectivity index (χ2n) is 5.71. The van der Waals surface area contributed by atoms with E-state index in [-0.39, 0.29) is 12.6 Å². The van der Waals surface area contributed by atoms with Crippen LogP contribution in [-0.4, -0.2) is 15.5 Å². The normalized spacial score (nSPS) is 12.1. The van der Waals surface area contributed by atoms with E-state index >= 15 is 0 Å². The van der Waals surface area contributed by atoms with E-state index in [1.165, 1.54) is 0 Å². The molecule has 0 aliphatic heterocycles. The maximum Gasteiger partial charge on any atom is 0.329 e. The molecule has 1 aromatic heterocycles. The average Bonchev–Trinajstić information content (AvgIpc) is 2.58. The smallest absolute Gasteiger partial charge is 0.329 e. The average molecular weight is 358 g/mol. The van der Waals surface area contributed by atoms with Crippen molar-refractivity contribution in [3.63, 3.8) is 0 Å². The highest BCUT2D eigenvalue weighted by atomic mass is 35.5. The summed E-state index contributed by atoms with van der Waals surface area (Å²) in [5.41, 5.74) is 0.168. The number of hydrogen-bond donors (Lipinski definition) is 2. The van der Waals surface area contributed by atoms with Gasteiger partial charge in [-0.2, -0.15) is 0 Å². The molecule has 0 unspecified atom stereocenters. The van der Waals surface area contributed by atoms with Crippen LogP contribution in [0.1, 0.15) is 18.5 Å². The van der Waals surface area contributed by atoms with E-state index in [2.05, 4.69) is 10.3 Å². The molecular weight excluding hydrogens is 342 g/mol. The van der Waals surface area contributed by atoms with Gasteiger partial charge in [0.05, 0.1) is 16.9 Å². The van der Waals surface area contributed by atoms with Crippen LogP contribution in [-0.2, 0) is 11.3 Å². The zero-order valence-corrected chi connectivity index (χ0v) is 14.2. The number of para-hydroxylation sites is 1. The van der Waals surface area contributed by atoms with Gasteiger partial charge < -0.3 is 10.3 Å². The van der Waals surface area contributed by atoms with Gasteiger partial charge in [0, 0.05) is 5.02 Å². The van der Waals surface area contributed by atoms with E-state index in [1.54, 1.807) is 49.4 Å². The number of halogens is 1. The zero-order chi connectivity index (χ0) is 18.0. The molecule has 0 saturated carbocycles. The number of hydrogen-bond acceptors (Lipinski definition) is 3. The molecule has 1 heterocycles. The molecule has 7 heteroatoms. The zero-order valence-electron chi connectivity index (χ0n) is 13.5. The molecule has 6 nitrogen and oxygen atoms in total. The number of rotatable bonds is 4. The number of H-pyrrole nitrogens is 1. The lowest BCUT2D eigenvalue weighted by molar-refractivity contribution is -0.122. The van der Waals surface area contributed by atoms with Crippen molar-refractivity contribution in [1.29, 1.82) is 0 Å². The van der Waals surface area contributed by atoms with Crippen LogP contribution < -0.4 is 16.6 Å². The number of aromatic nitrogens is 2. The summed E-state index contributed by atoms with van der Waals surface area (Å²) < 4.78 is 0.891. The Morgan fingerprint density at radius 3 is 2.72 bits per heavy atom. The molecule has 25 heavy (non-hydrogen) atoms. The Labute approximate surface area is 148 Å². The predicted molar refractivity (Wildman–Crippen MR) is 96.8 cm³/mol. The van der Waals surface area contributed by atoms with Crippen molar-refractivity contribution in [2.75, 3.05) is 0 Å². The number of nitrogens with zero attached hydrogens (tertiary/aromatic N) is 1. The van der Waals surface area contributed by atoms with Crippen molar-refractivity contribution in [2.24, 2.45) is 0 Å². The molecule has 0 aliphatic carbocycles. The molecular formula is C18H16ClN3O3. The lowest BCUT2D eigenvalue weighted by atomic mass is 10.1. The molecule has 3 rings (SSSR count). The van der Waals surface area contributed by atoms with E-state index in [9.17, 15) is 14.4 Å². The van der Waals surface area contributed by atoms with Gasteiger partial charge in [0.2, 0.25) is 5.91 Å². The molecule has 0 aliphatic rings. The van der Waals surface area contributed by atoms with Crippen LogP contribution in [0.15, 0.2) is 58.1 Å². The van der Waals surface area contributed by atoms with Crippen molar-refractivity contribution < 1.29 is 4.79 Å². The Balaban J connectivity index is 1.83. The summed E-state index contributed by atoms with van der Waals surface area (Å²) in [6.07, 6.45) is 0. The topological polar surface area (TPSA) is 84.0 Å².